The molecule has 0 aliphatic heterocycles. The first-order valence-corrected chi connectivity index (χ1v) is 7.98. The standard InChI is InChI=1S/C19H24N2O2/c1-3-5-15-8-10-16(11-9-15)14(2)20-17-6-4-7-18(12-17)21-19(23)13-22/h4,6-12,14,20,22H,3,5,13H2,1-2H3,(H,21,23). The Labute approximate surface area is 137 Å². The van der Waals surface area contributed by atoms with E-state index in [0.29, 0.717) is 5.69 Å². The molecular formula is C19H24N2O2. The molecule has 0 spiro atoms. The van der Waals surface area contributed by atoms with E-state index >= 15 is 0 Å². The molecule has 0 saturated heterocycles. The van der Waals surface area contributed by atoms with E-state index in [4.69, 9.17) is 5.11 Å². The van der Waals surface area contributed by atoms with E-state index in [1.807, 2.05) is 18.2 Å². The van der Waals surface area contributed by atoms with Gasteiger partial charge < -0.3 is 15.7 Å². The van der Waals surface area contributed by atoms with Crippen LogP contribution in [-0.2, 0) is 11.2 Å². The van der Waals surface area contributed by atoms with E-state index in [1.165, 1.54) is 11.1 Å². The van der Waals surface area contributed by atoms with Gasteiger partial charge in [-0.1, -0.05) is 43.7 Å². The Morgan fingerprint density at radius 1 is 1.13 bits per heavy atom. The van der Waals surface area contributed by atoms with Crippen molar-refractivity contribution < 1.29 is 9.90 Å². The predicted octanol–water partition coefficient (Wildman–Crippen LogP) is 3.74. The third-order valence-electron chi connectivity index (χ3n) is 3.69. The number of carbonyl (C=O) groups excluding carboxylic acids is 1. The Hall–Kier alpha value is -2.33. The minimum atomic E-state index is -0.516. The van der Waals surface area contributed by atoms with Gasteiger partial charge in [-0.3, -0.25) is 4.79 Å². The minimum absolute atomic E-state index is 0.162. The first-order chi connectivity index (χ1) is 11.1. The molecule has 0 aromatic heterocycles. The molecule has 2 rings (SSSR count). The first kappa shape index (κ1) is 17.0. The number of carbonyl (C=O) groups is 1. The maximum absolute atomic E-state index is 11.2. The molecule has 1 amide bonds. The number of nitrogens with one attached hydrogen (secondary N) is 2. The van der Waals surface area contributed by atoms with Gasteiger partial charge in [-0.15, -0.1) is 0 Å². The summed E-state index contributed by atoms with van der Waals surface area (Å²) in [7, 11) is 0. The maximum Gasteiger partial charge on any atom is 0.250 e. The lowest BCUT2D eigenvalue weighted by Crippen LogP contribution is -2.15. The van der Waals surface area contributed by atoms with Crippen molar-refractivity contribution in [3.8, 4) is 0 Å². The fourth-order valence-corrected chi connectivity index (χ4v) is 2.48. The molecule has 4 heteroatoms. The summed E-state index contributed by atoms with van der Waals surface area (Å²) < 4.78 is 0. The van der Waals surface area contributed by atoms with Crippen LogP contribution < -0.4 is 10.6 Å². The molecule has 0 bridgehead atoms. The second-order valence-corrected chi connectivity index (χ2v) is 5.64. The van der Waals surface area contributed by atoms with Crippen LogP contribution in [0.5, 0.6) is 0 Å². The van der Waals surface area contributed by atoms with Gasteiger partial charge in [0.2, 0.25) is 5.91 Å². The number of hydrogen-bond donors (Lipinski definition) is 3. The summed E-state index contributed by atoms with van der Waals surface area (Å²) in [4.78, 5) is 11.2. The van der Waals surface area contributed by atoms with Crippen molar-refractivity contribution in [1.29, 1.82) is 0 Å². The number of benzene rings is 2. The fraction of sp³-hybridized carbons (Fsp3) is 0.316. The Bertz CT molecular complexity index is 638. The van der Waals surface area contributed by atoms with Gasteiger partial charge in [-0.05, 0) is 42.7 Å². The average Bonchev–Trinajstić information content (AvgIpc) is 2.56. The summed E-state index contributed by atoms with van der Waals surface area (Å²) in [6.45, 7) is 3.77. The van der Waals surface area contributed by atoms with Crippen molar-refractivity contribution in [1.82, 2.24) is 0 Å². The number of rotatable bonds is 7. The van der Waals surface area contributed by atoms with Gasteiger partial charge in [0.15, 0.2) is 0 Å². The van der Waals surface area contributed by atoms with Crippen molar-refractivity contribution in [3.05, 3.63) is 59.7 Å². The monoisotopic (exact) mass is 312 g/mol. The molecular weight excluding hydrogens is 288 g/mol. The molecule has 4 nitrogen and oxygen atoms in total. The largest absolute Gasteiger partial charge is 0.387 e. The second kappa shape index (κ2) is 8.34. The highest BCUT2D eigenvalue weighted by atomic mass is 16.3. The highest BCUT2D eigenvalue weighted by Crippen LogP contribution is 2.22. The summed E-state index contributed by atoms with van der Waals surface area (Å²) in [6.07, 6.45) is 2.26. The summed E-state index contributed by atoms with van der Waals surface area (Å²) in [5.41, 5.74) is 4.16. The van der Waals surface area contributed by atoms with E-state index in [-0.39, 0.29) is 6.04 Å². The molecule has 2 aromatic rings. The van der Waals surface area contributed by atoms with Gasteiger partial charge in [-0.25, -0.2) is 0 Å². The lowest BCUT2D eigenvalue weighted by Gasteiger charge is -2.17. The Morgan fingerprint density at radius 3 is 2.48 bits per heavy atom. The normalized spacial score (nSPS) is 11.8. The molecule has 0 heterocycles. The quantitative estimate of drug-likeness (QED) is 0.730. The molecule has 3 N–H and O–H groups in total. The fourth-order valence-electron chi connectivity index (χ4n) is 2.48. The summed E-state index contributed by atoms with van der Waals surface area (Å²) in [6, 6.07) is 16.3. The van der Waals surface area contributed by atoms with E-state index in [9.17, 15) is 4.79 Å². The van der Waals surface area contributed by atoms with E-state index in [1.54, 1.807) is 6.07 Å². The number of aliphatic hydroxyl groups is 1. The molecule has 2 aromatic carbocycles. The number of aliphatic hydroxyl groups excluding tert-OH is 1. The summed E-state index contributed by atoms with van der Waals surface area (Å²) in [5.74, 6) is -0.415. The number of hydrogen-bond acceptors (Lipinski definition) is 3. The van der Waals surface area contributed by atoms with E-state index in [0.717, 1.165) is 18.5 Å². The zero-order chi connectivity index (χ0) is 16.7. The van der Waals surface area contributed by atoms with Gasteiger partial charge in [0.05, 0.1) is 0 Å². The molecule has 1 atom stereocenters. The minimum Gasteiger partial charge on any atom is -0.387 e. The zero-order valence-electron chi connectivity index (χ0n) is 13.7. The van der Waals surface area contributed by atoms with E-state index < -0.39 is 12.5 Å². The van der Waals surface area contributed by atoms with Crippen molar-refractivity contribution in [2.75, 3.05) is 17.2 Å². The van der Waals surface area contributed by atoms with Crippen LogP contribution in [0.3, 0.4) is 0 Å². The zero-order valence-corrected chi connectivity index (χ0v) is 13.7. The van der Waals surface area contributed by atoms with Crippen molar-refractivity contribution in [3.63, 3.8) is 0 Å². The Kier molecular flexibility index (Phi) is 6.18. The molecule has 23 heavy (non-hydrogen) atoms. The third-order valence-corrected chi connectivity index (χ3v) is 3.69. The smallest absolute Gasteiger partial charge is 0.250 e. The molecule has 0 saturated carbocycles. The van der Waals surface area contributed by atoms with Gasteiger partial charge in [0, 0.05) is 17.4 Å². The van der Waals surface area contributed by atoms with Gasteiger partial charge >= 0.3 is 0 Å². The topological polar surface area (TPSA) is 61.4 Å². The van der Waals surface area contributed by atoms with Crippen LogP contribution in [0, 0.1) is 0 Å². The Morgan fingerprint density at radius 2 is 1.83 bits per heavy atom. The van der Waals surface area contributed by atoms with Crippen LogP contribution in [0.15, 0.2) is 48.5 Å². The van der Waals surface area contributed by atoms with Crippen molar-refractivity contribution in [2.45, 2.75) is 32.7 Å². The lowest BCUT2D eigenvalue weighted by atomic mass is 10.0. The molecule has 122 valence electrons. The summed E-state index contributed by atoms with van der Waals surface area (Å²) in [5, 5.41) is 14.9. The van der Waals surface area contributed by atoms with Crippen LogP contribution in [0.25, 0.3) is 0 Å². The first-order valence-electron chi connectivity index (χ1n) is 7.98. The molecule has 0 fully saturated rings. The highest BCUT2D eigenvalue weighted by Gasteiger charge is 2.06. The van der Waals surface area contributed by atoms with Crippen LogP contribution in [0.1, 0.15) is 37.4 Å². The SMILES string of the molecule is CCCc1ccc(C(C)Nc2cccc(NC(=O)CO)c2)cc1. The van der Waals surface area contributed by atoms with Crippen LogP contribution in [0.4, 0.5) is 11.4 Å². The maximum atomic E-state index is 11.2. The van der Waals surface area contributed by atoms with Crippen LogP contribution in [0.2, 0.25) is 0 Å². The molecule has 0 radical (unpaired) electrons. The second-order valence-electron chi connectivity index (χ2n) is 5.64. The van der Waals surface area contributed by atoms with Gasteiger partial charge in [-0.2, -0.15) is 0 Å². The van der Waals surface area contributed by atoms with Crippen molar-refractivity contribution >= 4 is 17.3 Å². The Balaban J connectivity index is 2.03. The summed E-state index contributed by atoms with van der Waals surface area (Å²) >= 11 is 0. The third kappa shape index (κ3) is 5.11. The van der Waals surface area contributed by atoms with Crippen molar-refractivity contribution in [2.24, 2.45) is 0 Å². The van der Waals surface area contributed by atoms with E-state index in [2.05, 4.69) is 48.7 Å². The number of aryl methyl sites for hydroxylation is 1. The molecule has 0 aliphatic carbocycles. The highest BCUT2D eigenvalue weighted by molar-refractivity contribution is 5.91. The predicted molar refractivity (Wildman–Crippen MR) is 94.6 cm³/mol. The van der Waals surface area contributed by atoms with Crippen LogP contribution >= 0.6 is 0 Å². The average molecular weight is 312 g/mol. The van der Waals surface area contributed by atoms with Gasteiger partial charge in [0.25, 0.3) is 0 Å². The number of amides is 1. The molecule has 0 aliphatic rings. The van der Waals surface area contributed by atoms with Gasteiger partial charge in [0.1, 0.15) is 6.61 Å². The number of anilines is 2. The van der Waals surface area contributed by atoms with Crippen LogP contribution in [-0.4, -0.2) is 17.6 Å². The molecule has 1 unspecified atom stereocenters. The lowest BCUT2D eigenvalue weighted by molar-refractivity contribution is -0.118.